The summed E-state index contributed by atoms with van der Waals surface area (Å²) in [4.78, 5) is 0. The largest absolute Gasteiger partial charge is 0.314 e. The summed E-state index contributed by atoms with van der Waals surface area (Å²) < 4.78 is 0. The molecule has 1 unspecified atom stereocenters. The number of hydrogen-bond donors (Lipinski definition) is 1. The third-order valence-corrected chi connectivity index (χ3v) is 4.40. The van der Waals surface area contributed by atoms with Gasteiger partial charge in [-0.1, -0.05) is 66.2 Å². The van der Waals surface area contributed by atoms with Crippen molar-refractivity contribution in [3.63, 3.8) is 0 Å². The van der Waals surface area contributed by atoms with Crippen LogP contribution in [0.3, 0.4) is 0 Å². The Balaban J connectivity index is 2.23. The van der Waals surface area contributed by atoms with E-state index in [2.05, 4.69) is 33.0 Å². The Morgan fingerprint density at radius 3 is 2.18 bits per heavy atom. The van der Waals surface area contributed by atoms with Gasteiger partial charge < -0.3 is 5.32 Å². The molecule has 0 aromatic rings. The molecular weight excluding hydrogens is 206 g/mol. The van der Waals surface area contributed by atoms with E-state index < -0.39 is 0 Å². The van der Waals surface area contributed by atoms with Gasteiger partial charge in [-0.25, -0.2) is 0 Å². The molecule has 0 spiro atoms. The average molecular weight is 239 g/mol. The molecule has 0 amide bonds. The molecule has 1 nitrogen and oxygen atoms in total. The van der Waals surface area contributed by atoms with Crippen LogP contribution in [0.2, 0.25) is 0 Å². The van der Waals surface area contributed by atoms with Crippen molar-refractivity contribution in [2.75, 3.05) is 6.54 Å². The highest BCUT2D eigenvalue weighted by Crippen LogP contribution is 2.29. The summed E-state index contributed by atoms with van der Waals surface area (Å²) in [5.41, 5.74) is 0. The lowest BCUT2D eigenvalue weighted by Gasteiger charge is -2.27. The molecule has 0 bridgehead atoms. The van der Waals surface area contributed by atoms with E-state index >= 15 is 0 Å². The number of hydrogen-bond acceptors (Lipinski definition) is 1. The highest BCUT2D eigenvalue weighted by atomic mass is 14.9. The molecule has 0 aliphatic heterocycles. The molecule has 1 atom stereocenters. The van der Waals surface area contributed by atoms with Crippen molar-refractivity contribution in [2.45, 2.75) is 78.7 Å². The first kappa shape index (κ1) is 15.0. The van der Waals surface area contributed by atoms with Crippen LogP contribution < -0.4 is 5.32 Å². The molecule has 1 fully saturated rings. The zero-order chi connectivity index (χ0) is 12.7. The molecule has 0 heterocycles. The smallest absolute Gasteiger partial charge is 0.00104 e. The second kappa shape index (κ2) is 8.13. The lowest BCUT2D eigenvalue weighted by molar-refractivity contribution is 0.268. The minimum absolute atomic E-state index is 0.630. The number of rotatable bonds is 7. The van der Waals surface area contributed by atoms with Gasteiger partial charge >= 0.3 is 0 Å². The molecular formula is C16H33N. The van der Waals surface area contributed by atoms with Gasteiger partial charge in [-0.05, 0) is 30.7 Å². The monoisotopic (exact) mass is 239 g/mol. The van der Waals surface area contributed by atoms with E-state index in [0.29, 0.717) is 6.04 Å². The molecule has 0 saturated heterocycles. The molecule has 1 saturated carbocycles. The predicted octanol–water partition coefficient (Wildman–Crippen LogP) is 4.62. The maximum Gasteiger partial charge on any atom is 0.00104 e. The topological polar surface area (TPSA) is 12.0 Å². The summed E-state index contributed by atoms with van der Waals surface area (Å²) in [6, 6.07) is 0.630. The summed E-state index contributed by atoms with van der Waals surface area (Å²) >= 11 is 0. The summed E-state index contributed by atoms with van der Waals surface area (Å²) in [5.74, 6) is 2.74. The zero-order valence-corrected chi connectivity index (χ0v) is 12.5. The van der Waals surface area contributed by atoms with E-state index in [-0.39, 0.29) is 0 Å². The lowest BCUT2D eigenvalue weighted by atomic mass is 9.82. The Kier molecular flexibility index (Phi) is 7.18. The van der Waals surface area contributed by atoms with Gasteiger partial charge in [0.1, 0.15) is 0 Å². The van der Waals surface area contributed by atoms with Crippen LogP contribution in [0.15, 0.2) is 0 Å². The first-order valence-electron chi connectivity index (χ1n) is 7.83. The fourth-order valence-electron chi connectivity index (χ4n) is 2.98. The second-order valence-corrected chi connectivity index (χ2v) is 6.65. The van der Waals surface area contributed by atoms with E-state index in [1.54, 1.807) is 0 Å². The molecule has 102 valence electrons. The standard InChI is InChI=1S/C16H33N/c1-13(2)16(12-17-14(3)4)11-10-15-8-6-5-7-9-15/h13-17H,5-12H2,1-4H3. The lowest BCUT2D eigenvalue weighted by Crippen LogP contribution is -2.31. The van der Waals surface area contributed by atoms with Gasteiger partial charge in [0.25, 0.3) is 0 Å². The molecule has 1 rings (SSSR count). The molecule has 0 aromatic heterocycles. The fraction of sp³-hybridized carbons (Fsp3) is 1.00. The van der Waals surface area contributed by atoms with E-state index in [1.807, 2.05) is 0 Å². The van der Waals surface area contributed by atoms with Gasteiger partial charge in [0, 0.05) is 6.04 Å². The van der Waals surface area contributed by atoms with Crippen LogP contribution in [-0.2, 0) is 0 Å². The van der Waals surface area contributed by atoms with E-state index in [0.717, 1.165) is 17.8 Å². The average Bonchev–Trinajstić information content (AvgIpc) is 2.29. The third-order valence-electron chi connectivity index (χ3n) is 4.40. The highest BCUT2D eigenvalue weighted by Gasteiger charge is 2.18. The van der Waals surface area contributed by atoms with Crippen molar-refractivity contribution in [2.24, 2.45) is 17.8 Å². The zero-order valence-electron chi connectivity index (χ0n) is 12.5. The van der Waals surface area contributed by atoms with Gasteiger partial charge in [0.05, 0.1) is 0 Å². The van der Waals surface area contributed by atoms with Crippen molar-refractivity contribution >= 4 is 0 Å². The Morgan fingerprint density at radius 2 is 1.65 bits per heavy atom. The van der Waals surface area contributed by atoms with Crippen LogP contribution in [0.25, 0.3) is 0 Å². The van der Waals surface area contributed by atoms with Crippen LogP contribution in [0, 0.1) is 17.8 Å². The Morgan fingerprint density at radius 1 is 1.00 bits per heavy atom. The third kappa shape index (κ3) is 6.45. The summed E-state index contributed by atoms with van der Waals surface area (Å²) in [5, 5.41) is 3.61. The molecule has 0 aromatic carbocycles. The highest BCUT2D eigenvalue weighted by molar-refractivity contribution is 4.72. The van der Waals surface area contributed by atoms with Crippen LogP contribution in [0.1, 0.15) is 72.6 Å². The fourth-order valence-corrected chi connectivity index (χ4v) is 2.98. The van der Waals surface area contributed by atoms with Crippen LogP contribution in [0.5, 0.6) is 0 Å². The maximum absolute atomic E-state index is 3.61. The molecule has 17 heavy (non-hydrogen) atoms. The van der Waals surface area contributed by atoms with Crippen molar-refractivity contribution in [3.8, 4) is 0 Å². The Bertz CT molecular complexity index is 180. The summed E-state index contributed by atoms with van der Waals surface area (Å²) in [7, 11) is 0. The van der Waals surface area contributed by atoms with E-state index in [9.17, 15) is 0 Å². The predicted molar refractivity (Wildman–Crippen MR) is 77.3 cm³/mol. The summed E-state index contributed by atoms with van der Waals surface area (Å²) in [6.07, 6.45) is 10.4. The van der Waals surface area contributed by atoms with Crippen molar-refractivity contribution in [3.05, 3.63) is 0 Å². The van der Waals surface area contributed by atoms with E-state index in [1.165, 1.54) is 51.5 Å². The Hall–Kier alpha value is -0.0400. The van der Waals surface area contributed by atoms with Gasteiger partial charge in [-0.15, -0.1) is 0 Å². The minimum Gasteiger partial charge on any atom is -0.314 e. The Labute approximate surface area is 109 Å². The van der Waals surface area contributed by atoms with E-state index in [4.69, 9.17) is 0 Å². The van der Waals surface area contributed by atoms with Crippen molar-refractivity contribution < 1.29 is 0 Å². The summed E-state index contributed by atoms with van der Waals surface area (Å²) in [6.45, 7) is 10.5. The van der Waals surface area contributed by atoms with Crippen LogP contribution in [0.4, 0.5) is 0 Å². The quantitative estimate of drug-likeness (QED) is 0.683. The first-order chi connectivity index (χ1) is 8.09. The van der Waals surface area contributed by atoms with Crippen LogP contribution >= 0.6 is 0 Å². The molecule has 1 aliphatic rings. The van der Waals surface area contributed by atoms with Gasteiger partial charge in [0.2, 0.25) is 0 Å². The number of nitrogens with one attached hydrogen (secondary N) is 1. The molecule has 0 radical (unpaired) electrons. The van der Waals surface area contributed by atoms with Crippen molar-refractivity contribution in [1.29, 1.82) is 0 Å². The minimum atomic E-state index is 0.630. The SMILES string of the molecule is CC(C)NCC(CCC1CCCCC1)C(C)C. The molecule has 1 heteroatoms. The molecule has 1 N–H and O–H groups in total. The second-order valence-electron chi connectivity index (χ2n) is 6.65. The first-order valence-corrected chi connectivity index (χ1v) is 7.83. The van der Waals surface area contributed by atoms with Crippen LogP contribution in [-0.4, -0.2) is 12.6 Å². The van der Waals surface area contributed by atoms with Gasteiger partial charge in [0.15, 0.2) is 0 Å². The van der Waals surface area contributed by atoms with Gasteiger partial charge in [-0.3, -0.25) is 0 Å². The molecule has 1 aliphatic carbocycles. The maximum atomic E-state index is 3.61. The normalized spacial score (nSPS) is 20.1. The van der Waals surface area contributed by atoms with Crippen molar-refractivity contribution in [1.82, 2.24) is 5.32 Å². The van der Waals surface area contributed by atoms with Gasteiger partial charge in [-0.2, -0.15) is 0 Å².